The Hall–Kier alpha value is -1.53. The summed E-state index contributed by atoms with van der Waals surface area (Å²) in [5.74, 6) is -0.653. The lowest BCUT2D eigenvalue weighted by atomic mass is 10.0. The van der Waals surface area contributed by atoms with Crippen molar-refractivity contribution < 1.29 is 4.79 Å². The number of amides is 1. The molecule has 0 aliphatic carbocycles. The first-order valence-corrected chi connectivity index (χ1v) is 5.83. The molecule has 2 heterocycles. The Balaban J connectivity index is 2.08. The van der Waals surface area contributed by atoms with Crippen LogP contribution in [0.25, 0.3) is 0 Å². The third kappa shape index (κ3) is 2.98. The summed E-state index contributed by atoms with van der Waals surface area (Å²) < 4.78 is 0.758. The van der Waals surface area contributed by atoms with Crippen molar-refractivity contribution in [2.75, 3.05) is 5.32 Å². The minimum atomic E-state index is -0.543. The summed E-state index contributed by atoms with van der Waals surface area (Å²) in [5, 5.41) is 2.76. The third-order valence-electron chi connectivity index (χ3n) is 2.33. The molecule has 2 rings (SSSR count). The van der Waals surface area contributed by atoms with E-state index in [2.05, 4.69) is 31.2 Å². The van der Waals surface area contributed by atoms with Crippen LogP contribution in [0.5, 0.6) is 0 Å². The fraction of sp³-hybridized carbons (Fsp3) is 0.182. The van der Waals surface area contributed by atoms with Crippen molar-refractivity contribution in [3.63, 3.8) is 0 Å². The first-order chi connectivity index (χ1) is 8.16. The minimum absolute atomic E-state index is 0.183. The molecule has 1 amide bonds. The molecule has 0 radical (unpaired) electrons. The van der Waals surface area contributed by atoms with Gasteiger partial charge >= 0.3 is 0 Å². The van der Waals surface area contributed by atoms with Gasteiger partial charge in [-0.15, -0.1) is 0 Å². The second kappa shape index (κ2) is 5.20. The number of nitrogens with zero attached hydrogens (tertiary/aromatic N) is 2. The zero-order valence-electron chi connectivity index (χ0n) is 8.88. The second-order valence-corrected chi connectivity index (χ2v) is 4.49. The Morgan fingerprint density at radius 1 is 1.41 bits per heavy atom. The average Bonchev–Trinajstić information content (AvgIpc) is 2.33. The number of anilines is 1. The second-order valence-electron chi connectivity index (χ2n) is 3.57. The van der Waals surface area contributed by atoms with Crippen LogP contribution < -0.4 is 11.1 Å². The van der Waals surface area contributed by atoms with E-state index in [0.717, 1.165) is 4.48 Å². The Morgan fingerprint density at radius 3 is 2.82 bits per heavy atom. The van der Waals surface area contributed by atoms with Gasteiger partial charge in [0.2, 0.25) is 5.91 Å². The van der Waals surface area contributed by atoms with Crippen LogP contribution in [0.15, 0.2) is 40.1 Å². The number of rotatable bonds is 2. The van der Waals surface area contributed by atoms with Crippen LogP contribution in [0.4, 0.5) is 5.69 Å². The first-order valence-electron chi connectivity index (χ1n) is 5.04. The Labute approximate surface area is 107 Å². The molecule has 6 heteroatoms. The van der Waals surface area contributed by atoms with E-state index in [-0.39, 0.29) is 5.91 Å². The highest BCUT2D eigenvalue weighted by Crippen LogP contribution is 2.18. The molecule has 0 spiro atoms. The monoisotopic (exact) mass is 294 g/mol. The van der Waals surface area contributed by atoms with E-state index in [0.29, 0.717) is 5.69 Å². The Morgan fingerprint density at radius 2 is 2.12 bits per heavy atom. The van der Waals surface area contributed by atoms with Gasteiger partial charge in [0.1, 0.15) is 6.17 Å². The molecular formula is C11H11BrN4O. The standard InChI is InChI=1S/C11H11BrN4O/c12-7-5-9(10(13)15-6-7)11(17)16-8-1-3-14-4-2-8/h1-6,9-10H,13H2,(H,14,16,17). The molecule has 0 fully saturated rings. The maximum Gasteiger partial charge on any atom is 0.234 e. The molecule has 1 aromatic rings. The maximum absolute atomic E-state index is 12.0. The molecule has 1 aromatic heterocycles. The van der Waals surface area contributed by atoms with E-state index in [9.17, 15) is 4.79 Å². The number of dihydropyridines is 1. The van der Waals surface area contributed by atoms with Crippen molar-refractivity contribution in [2.24, 2.45) is 16.6 Å². The van der Waals surface area contributed by atoms with Gasteiger partial charge in [-0.25, -0.2) is 0 Å². The summed E-state index contributed by atoms with van der Waals surface area (Å²) in [7, 11) is 0. The van der Waals surface area contributed by atoms with Gasteiger partial charge in [-0.1, -0.05) is 6.08 Å². The molecule has 2 unspecified atom stereocenters. The van der Waals surface area contributed by atoms with Crippen LogP contribution in [-0.4, -0.2) is 23.3 Å². The lowest BCUT2D eigenvalue weighted by Gasteiger charge is -2.20. The van der Waals surface area contributed by atoms with Gasteiger partial charge < -0.3 is 11.1 Å². The Kier molecular flexibility index (Phi) is 3.65. The number of nitrogens with one attached hydrogen (secondary N) is 1. The number of allylic oxidation sites excluding steroid dienone is 1. The van der Waals surface area contributed by atoms with Gasteiger partial charge in [0, 0.05) is 28.8 Å². The van der Waals surface area contributed by atoms with E-state index < -0.39 is 12.1 Å². The van der Waals surface area contributed by atoms with Gasteiger partial charge in [-0.05, 0) is 28.1 Å². The van der Waals surface area contributed by atoms with Gasteiger partial charge in [-0.2, -0.15) is 0 Å². The van der Waals surface area contributed by atoms with E-state index >= 15 is 0 Å². The van der Waals surface area contributed by atoms with Gasteiger partial charge in [-0.3, -0.25) is 14.8 Å². The normalized spacial score (nSPS) is 23.1. The molecule has 1 aliphatic heterocycles. The number of hydrogen-bond donors (Lipinski definition) is 2. The quantitative estimate of drug-likeness (QED) is 0.862. The van der Waals surface area contributed by atoms with Crippen molar-refractivity contribution in [1.29, 1.82) is 0 Å². The number of nitrogens with two attached hydrogens (primary N) is 1. The molecule has 5 nitrogen and oxygen atoms in total. The number of aromatic nitrogens is 1. The number of carbonyl (C=O) groups is 1. The molecule has 0 bridgehead atoms. The lowest BCUT2D eigenvalue weighted by molar-refractivity contribution is -0.119. The fourth-order valence-electron chi connectivity index (χ4n) is 1.45. The number of carbonyl (C=O) groups excluding carboxylic acids is 1. The zero-order valence-corrected chi connectivity index (χ0v) is 10.5. The molecular weight excluding hydrogens is 284 g/mol. The minimum Gasteiger partial charge on any atom is -0.325 e. The molecule has 2 atom stereocenters. The van der Waals surface area contributed by atoms with Crippen LogP contribution in [0.2, 0.25) is 0 Å². The molecule has 0 aromatic carbocycles. The molecule has 0 saturated heterocycles. The van der Waals surface area contributed by atoms with Crippen molar-refractivity contribution >= 4 is 33.7 Å². The van der Waals surface area contributed by atoms with Crippen molar-refractivity contribution in [1.82, 2.24) is 4.98 Å². The summed E-state index contributed by atoms with van der Waals surface area (Å²) in [6, 6.07) is 3.43. The predicted molar refractivity (Wildman–Crippen MR) is 69.8 cm³/mol. The highest BCUT2D eigenvalue weighted by molar-refractivity contribution is 9.12. The summed E-state index contributed by atoms with van der Waals surface area (Å²) >= 11 is 3.28. The van der Waals surface area contributed by atoms with Crippen LogP contribution in [0.1, 0.15) is 0 Å². The van der Waals surface area contributed by atoms with Gasteiger partial charge in [0.15, 0.2) is 0 Å². The van der Waals surface area contributed by atoms with E-state index in [1.165, 1.54) is 0 Å². The predicted octanol–water partition coefficient (Wildman–Crippen LogP) is 1.28. The van der Waals surface area contributed by atoms with Crippen LogP contribution in [0, 0.1) is 5.92 Å². The smallest absolute Gasteiger partial charge is 0.234 e. The number of pyridine rings is 1. The Bertz CT molecular complexity index is 472. The van der Waals surface area contributed by atoms with Crippen molar-refractivity contribution in [2.45, 2.75) is 6.17 Å². The number of halogens is 1. The highest BCUT2D eigenvalue weighted by atomic mass is 79.9. The summed E-state index contributed by atoms with van der Waals surface area (Å²) in [6.45, 7) is 0. The van der Waals surface area contributed by atoms with Crippen molar-refractivity contribution in [3.05, 3.63) is 35.1 Å². The molecule has 17 heavy (non-hydrogen) atoms. The largest absolute Gasteiger partial charge is 0.325 e. The van der Waals surface area contributed by atoms with Crippen LogP contribution in [-0.2, 0) is 4.79 Å². The molecule has 88 valence electrons. The molecule has 0 saturated carbocycles. The van der Waals surface area contributed by atoms with Gasteiger partial charge in [0.25, 0.3) is 0 Å². The summed E-state index contributed by atoms with van der Waals surface area (Å²) in [4.78, 5) is 19.9. The van der Waals surface area contributed by atoms with E-state index in [4.69, 9.17) is 5.73 Å². The molecule has 3 N–H and O–H groups in total. The lowest BCUT2D eigenvalue weighted by Crippen LogP contribution is -2.37. The van der Waals surface area contributed by atoms with E-state index in [1.54, 1.807) is 36.8 Å². The summed E-state index contributed by atoms with van der Waals surface area (Å²) in [5.41, 5.74) is 6.45. The fourth-order valence-corrected chi connectivity index (χ4v) is 1.86. The molecule has 1 aliphatic rings. The maximum atomic E-state index is 12.0. The van der Waals surface area contributed by atoms with E-state index in [1.807, 2.05) is 0 Å². The van der Waals surface area contributed by atoms with Crippen LogP contribution in [0.3, 0.4) is 0 Å². The van der Waals surface area contributed by atoms with Gasteiger partial charge in [0.05, 0.1) is 5.92 Å². The average molecular weight is 295 g/mol. The number of aliphatic imine (C=N–C) groups is 1. The van der Waals surface area contributed by atoms with Crippen LogP contribution >= 0.6 is 15.9 Å². The highest BCUT2D eigenvalue weighted by Gasteiger charge is 2.25. The summed E-state index contributed by atoms with van der Waals surface area (Å²) in [6.07, 6.45) is 6.02. The third-order valence-corrected chi connectivity index (χ3v) is 2.80. The zero-order chi connectivity index (χ0) is 12.3. The topological polar surface area (TPSA) is 80.4 Å². The SMILES string of the molecule is NC1N=CC(Br)=CC1C(=O)Nc1ccncc1. The number of hydrogen-bond acceptors (Lipinski definition) is 4. The first kappa shape index (κ1) is 11.9. The van der Waals surface area contributed by atoms with Crippen molar-refractivity contribution in [3.8, 4) is 0 Å².